The molecule has 0 spiro atoms. The summed E-state index contributed by atoms with van der Waals surface area (Å²) in [6.07, 6.45) is -5.39. The van der Waals surface area contributed by atoms with Crippen molar-refractivity contribution in [3.05, 3.63) is 21.6 Å². The Labute approximate surface area is 94.2 Å². The number of nitrogens with zero attached hydrogens (tertiary/aromatic N) is 1. The number of nitrogens with one attached hydrogen (secondary N) is 1. The zero-order valence-corrected chi connectivity index (χ0v) is 9.22. The number of ether oxygens (including phenoxy) is 1. The van der Waals surface area contributed by atoms with Gasteiger partial charge >= 0.3 is 12.1 Å². The van der Waals surface area contributed by atoms with Gasteiger partial charge in [-0.15, -0.1) is 0 Å². The lowest BCUT2D eigenvalue weighted by molar-refractivity contribution is -0.145. The molecule has 0 aliphatic carbocycles. The van der Waals surface area contributed by atoms with Crippen molar-refractivity contribution >= 4 is 5.97 Å². The number of halogens is 3. The molecular formula is C9H11F3N2O3. The minimum Gasteiger partial charge on any atom is -0.466 e. The van der Waals surface area contributed by atoms with Gasteiger partial charge in [0.05, 0.1) is 18.6 Å². The van der Waals surface area contributed by atoms with E-state index in [1.54, 1.807) is 0 Å². The normalized spacial score (nSPS) is 11.6. The topological polar surface area (TPSA) is 64.1 Å². The molecule has 0 atom stereocenters. The molecule has 0 unspecified atom stereocenters. The lowest BCUT2D eigenvalue weighted by Gasteiger charge is -2.09. The van der Waals surface area contributed by atoms with Gasteiger partial charge in [-0.2, -0.15) is 13.2 Å². The molecule has 0 aliphatic heterocycles. The van der Waals surface area contributed by atoms with E-state index in [9.17, 15) is 22.8 Å². The molecule has 0 saturated carbocycles. The summed E-state index contributed by atoms with van der Waals surface area (Å²) in [4.78, 5) is 22.4. The fourth-order valence-electron chi connectivity index (χ4n) is 1.47. The van der Waals surface area contributed by atoms with E-state index in [1.165, 1.54) is 6.92 Å². The second-order valence-electron chi connectivity index (χ2n) is 3.31. The van der Waals surface area contributed by atoms with Crippen molar-refractivity contribution in [2.75, 3.05) is 6.61 Å². The summed E-state index contributed by atoms with van der Waals surface area (Å²) in [7, 11) is 1.05. The Hall–Kier alpha value is -1.73. The Morgan fingerprint density at radius 3 is 2.53 bits per heavy atom. The van der Waals surface area contributed by atoms with Crippen molar-refractivity contribution in [3.63, 3.8) is 0 Å². The number of rotatable bonds is 3. The maximum Gasteiger partial charge on any atom is 0.433 e. The molecule has 0 aliphatic rings. The van der Waals surface area contributed by atoms with E-state index in [4.69, 9.17) is 0 Å². The fourth-order valence-corrected chi connectivity index (χ4v) is 1.47. The number of aromatic amines is 1. The molecule has 0 bridgehead atoms. The lowest BCUT2D eigenvalue weighted by atomic mass is 10.1. The molecule has 8 heteroatoms. The van der Waals surface area contributed by atoms with Crippen molar-refractivity contribution in [1.29, 1.82) is 0 Å². The summed E-state index contributed by atoms with van der Waals surface area (Å²) in [6.45, 7) is 1.57. The molecule has 5 nitrogen and oxygen atoms in total. The maximum absolute atomic E-state index is 12.6. The highest BCUT2D eigenvalue weighted by molar-refractivity contribution is 5.72. The number of aromatic nitrogens is 2. The molecule has 1 aromatic heterocycles. The molecule has 1 N–H and O–H groups in total. The van der Waals surface area contributed by atoms with Gasteiger partial charge in [-0.1, -0.05) is 0 Å². The van der Waals surface area contributed by atoms with Crippen LogP contribution in [0.3, 0.4) is 0 Å². The van der Waals surface area contributed by atoms with Gasteiger partial charge in [-0.25, -0.2) is 0 Å². The Bertz CT molecular complexity index is 473. The van der Waals surface area contributed by atoms with Gasteiger partial charge in [0.1, 0.15) is 5.69 Å². The van der Waals surface area contributed by atoms with E-state index in [2.05, 4.69) is 4.74 Å². The average Bonchev–Trinajstić information content (AvgIpc) is 2.40. The zero-order valence-electron chi connectivity index (χ0n) is 9.22. The van der Waals surface area contributed by atoms with Crippen molar-refractivity contribution in [1.82, 2.24) is 9.78 Å². The summed E-state index contributed by atoms with van der Waals surface area (Å²) in [5.74, 6) is -0.866. The van der Waals surface area contributed by atoms with Crippen LogP contribution in [0.25, 0.3) is 0 Å². The number of hydrogen-bond acceptors (Lipinski definition) is 3. The summed E-state index contributed by atoms with van der Waals surface area (Å²) in [6, 6.07) is 0. The second-order valence-corrected chi connectivity index (χ2v) is 3.31. The summed E-state index contributed by atoms with van der Waals surface area (Å²) in [5.41, 5.74) is -2.72. The third kappa shape index (κ3) is 2.89. The predicted octanol–water partition coefficient (Wildman–Crippen LogP) is 0.838. The number of carbonyl (C=O) groups excluding carboxylic acids is 1. The zero-order chi connectivity index (χ0) is 13.2. The monoisotopic (exact) mass is 252 g/mol. The molecule has 0 aromatic carbocycles. The summed E-state index contributed by atoms with van der Waals surface area (Å²) < 4.78 is 42.9. The first-order chi connectivity index (χ1) is 7.77. The predicted molar refractivity (Wildman–Crippen MR) is 51.4 cm³/mol. The molecule has 1 aromatic rings. The lowest BCUT2D eigenvalue weighted by Crippen LogP contribution is -2.19. The highest BCUT2D eigenvalue weighted by Crippen LogP contribution is 2.30. The van der Waals surface area contributed by atoms with Gasteiger partial charge in [-0.05, 0) is 6.92 Å². The maximum atomic E-state index is 12.6. The minimum atomic E-state index is -4.70. The number of aryl methyl sites for hydroxylation is 1. The Morgan fingerprint density at radius 2 is 2.06 bits per heavy atom. The first-order valence-corrected chi connectivity index (χ1v) is 4.78. The van der Waals surface area contributed by atoms with Crippen LogP contribution in [0.5, 0.6) is 0 Å². The van der Waals surface area contributed by atoms with Crippen LogP contribution in [0.2, 0.25) is 0 Å². The molecule has 17 heavy (non-hydrogen) atoms. The van der Waals surface area contributed by atoms with Gasteiger partial charge < -0.3 is 4.74 Å². The third-order valence-corrected chi connectivity index (χ3v) is 2.06. The van der Waals surface area contributed by atoms with Crippen molar-refractivity contribution in [2.24, 2.45) is 7.05 Å². The van der Waals surface area contributed by atoms with Crippen LogP contribution < -0.4 is 5.56 Å². The van der Waals surface area contributed by atoms with E-state index in [-0.39, 0.29) is 6.61 Å². The van der Waals surface area contributed by atoms with Crippen LogP contribution in [-0.2, 0) is 29.2 Å². The van der Waals surface area contributed by atoms with Gasteiger partial charge in [0.15, 0.2) is 0 Å². The standard InChI is InChI=1S/C9H11F3N2O3/c1-3-17-6(15)4-5-7(9(10,11)12)14(2)13-8(5)16/h3-4H2,1-2H3,(H,13,16). The van der Waals surface area contributed by atoms with Crippen LogP contribution in [0.4, 0.5) is 13.2 Å². The Morgan fingerprint density at radius 1 is 1.47 bits per heavy atom. The van der Waals surface area contributed by atoms with Crippen LogP contribution in [0.1, 0.15) is 18.2 Å². The molecular weight excluding hydrogens is 241 g/mol. The van der Waals surface area contributed by atoms with Crippen LogP contribution in [0, 0.1) is 0 Å². The number of esters is 1. The van der Waals surface area contributed by atoms with Crippen LogP contribution in [-0.4, -0.2) is 22.4 Å². The minimum absolute atomic E-state index is 0.0466. The van der Waals surface area contributed by atoms with E-state index in [0.717, 1.165) is 7.05 Å². The smallest absolute Gasteiger partial charge is 0.433 e. The van der Waals surface area contributed by atoms with Crippen LogP contribution in [0.15, 0.2) is 4.79 Å². The Kier molecular flexibility index (Phi) is 3.64. The van der Waals surface area contributed by atoms with Gasteiger partial charge in [-0.3, -0.25) is 19.4 Å². The molecule has 0 saturated heterocycles. The number of carbonyl (C=O) groups is 1. The van der Waals surface area contributed by atoms with Crippen molar-refractivity contribution < 1.29 is 22.7 Å². The van der Waals surface area contributed by atoms with Crippen molar-refractivity contribution in [3.8, 4) is 0 Å². The molecule has 0 fully saturated rings. The van der Waals surface area contributed by atoms with E-state index >= 15 is 0 Å². The van der Waals surface area contributed by atoms with Crippen molar-refractivity contribution in [2.45, 2.75) is 19.5 Å². The van der Waals surface area contributed by atoms with Gasteiger partial charge in [0, 0.05) is 7.05 Å². The fraction of sp³-hybridized carbons (Fsp3) is 0.556. The molecule has 1 rings (SSSR count). The molecule has 0 amide bonds. The van der Waals surface area contributed by atoms with E-state index in [0.29, 0.717) is 4.68 Å². The average molecular weight is 252 g/mol. The third-order valence-electron chi connectivity index (χ3n) is 2.06. The van der Waals surface area contributed by atoms with E-state index in [1.807, 2.05) is 5.10 Å². The SMILES string of the molecule is CCOC(=O)Cc1c(C(F)(F)F)n(C)[nH]c1=O. The highest BCUT2D eigenvalue weighted by atomic mass is 19.4. The second kappa shape index (κ2) is 4.64. The quantitative estimate of drug-likeness (QED) is 0.811. The summed E-state index contributed by atoms with van der Waals surface area (Å²) in [5, 5.41) is 1.96. The van der Waals surface area contributed by atoms with Gasteiger partial charge in [0.2, 0.25) is 0 Å². The summed E-state index contributed by atoms with van der Waals surface area (Å²) >= 11 is 0. The van der Waals surface area contributed by atoms with E-state index < -0.39 is 35.4 Å². The molecule has 0 radical (unpaired) electrons. The van der Waals surface area contributed by atoms with Gasteiger partial charge in [0.25, 0.3) is 5.56 Å². The molecule has 1 heterocycles. The number of hydrogen-bond donors (Lipinski definition) is 1. The largest absolute Gasteiger partial charge is 0.466 e. The molecule has 96 valence electrons. The first kappa shape index (κ1) is 13.3. The first-order valence-electron chi connectivity index (χ1n) is 4.78. The number of alkyl halides is 3. The number of H-pyrrole nitrogens is 1. The Balaban J connectivity index is 3.15. The van der Waals surface area contributed by atoms with Crippen LogP contribution >= 0.6 is 0 Å². The highest BCUT2D eigenvalue weighted by Gasteiger charge is 2.39.